The predicted octanol–water partition coefficient (Wildman–Crippen LogP) is 1.58. The van der Waals surface area contributed by atoms with E-state index in [1.165, 1.54) is 62.4 Å². The molecule has 0 fully saturated rings. The van der Waals surface area contributed by atoms with E-state index in [-0.39, 0.29) is 29.2 Å². The maximum Gasteiger partial charge on any atom is 0.244 e. The van der Waals surface area contributed by atoms with Gasteiger partial charge in [0, 0.05) is 41.0 Å². The van der Waals surface area contributed by atoms with Crippen molar-refractivity contribution in [1.29, 1.82) is 0 Å². The van der Waals surface area contributed by atoms with E-state index in [4.69, 9.17) is 5.73 Å². The molecule has 0 radical (unpaired) electrons. The predicted molar refractivity (Wildman–Crippen MR) is 121 cm³/mol. The van der Waals surface area contributed by atoms with Gasteiger partial charge in [0.25, 0.3) is 0 Å². The van der Waals surface area contributed by atoms with Crippen molar-refractivity contribution in [2.45, 2.75) is 23.8 Å². The second-order valence-corrected chi connectivity index (χ2v) is 10.0. The molecule has 0 aliphatic rings. The lowest BCUT2D eigenvalue weighted by atomic mass is 10.0. The number of primary amides is 1. The normalized spacial score (nSPS) is 12.8. The number of carbonyl (C=O) groups excluding carboxylic acids is 2. The SMILES string of the molecule is CN(C(=O)CCc1nc2cc(S(=O)(=O)N(C)C)ccc2n1C)C(C(N)=O)c1cccc(F)c1. The summed E-state index contributed by atoms with van der Waals surface area (Å²) in [6.07, 6.45) is 0.272. The van der Waals surface area contributed by atoms with Gasteiger partial charge in [-0.25, -0.2) is 22.1 Å². The number of fused-ring (bicyclic) bond motifs is 1. The van der Waals surface area contributed by atoms with E-state index in [1.54, 1.807) is 17.7 Å². The van der Waals surface area contributed by atoms with Gasteiger partial charge in [0.15, 0.2) is 0 Å². The molecule has 3 aromatic rings. The first-order valence-electron chi connectivity index (χ1n) is 10.1. The number of imidazole rings is 1. The topological polar surface area (TPSA) is 119 Å². The van der Waals surface area contributed by atoms with Crippen molar-refractivity contribution in [3.05, 3.63) is 59.7 Å². The van der Waals surface area contributed by atoms with Crippen LogP contribution >= 0.6 is 0 Å². The Labute approximate surface area is 191 Å². The van der Waals surface area contributed by atoms with Crippen molar-refractivity contribution >= 4 is 32.9 Å². The maximum atomic E-state index is 13.6. The summed E-state index contributed by atoms with van der Waals surface area (Å²) in [7, 11) is 2.52. The van der Waals surface area contributed by atoms with E-state index < -0.39 is 27.8 Å². The third-order valence-corrected chi connectivity index (χ3v) is 7.31. The lowest BCUT2D eigenvalue weighted by Crippen LogP contribution is -2.39. The number of benzene rings is 2. The average molecular weight is 476 g/mol. The number of aryl methyl sites for hydroxylation is 2. The highest BCUT2D eigenvalue weighted by Gasteiger charge is 2.27. The minimum atomic E-state index is -3.60. The quantitative estimate of drug-likeness (QED) is 0.531. The van der Waals surface area contributed by atoms with Gasteiger partial charge in [0.2, 0.25) is 21.8 Å². The molecule has 0 saturated carbocycles. The van der Waals surface area contributed by atoms with Crippen molar-refractivity contribution < 1.29 is 22.4 Å². The number of halogens is 1. The molecule has 1 aromatic heterocycles. The van der Waals surface area contributed by atoms with E-state index in [2.05, 4.69) is 4.98 Å². The van der Waals surface area contributed by atoms with Gasteiger partial charge in [0.1, 0.15) is 17.7 Å². The van der Waals surface area contributed by atoms with E-state index >= 15 is 0 Å². The van der Waals surface area contributed by atoms with Gasteiger partial charge < -0.3 is 15.2 Å². The summed E-state index contributed by atoms with van der Waals surface area (Å²) in [5.41, 5.74) is 6.99. The Hall–Kier alpha value is -3.31. The second kappa shape index (κ2) is 9.28. The fourth-order valence-corrected chi connectivity index (χ4v) is 4.54. The van der Waals surface area contributed by atoms with Crippen molar-refractivity contribution in [3.63, 3.8) is 0 Å². The zero-order valence-electron chi connectivity index (χ0n) is 18.8. The van der Waals surface area contributed by atoms with Gasteiger partial charge in [-0.05, 0) is 35.9 Å². The first-order chi connectivity index (χ1) is 15.4. The first kappa shape index (κ1) is 24.3. The monoisotopic (exact) mass is 475 g/mol. The number of aromatic nitrogens is 2. The third-order valence-electron chi connectivity index (χ3n) is 5.50. The van der Waals surface area contributed by atoms with Crippen LogP contribution in [-0.4, -0.2) is 60.1 Å². The lowest BCUT2D eigenvalue weighted by molar-refractivity contribution is -0.138. The number of rotatable bonds is 8. The van der Waals surface area contributed by atoms with E-state index in [9.17, 15) is 22.4 Å². The minimum Gasteiger partial charge on any atom is -0.368 e. The highest BCUT2D eigenvalue weighted by atomic mass is 32.2. The standard InChI is InChI=1S/C22H26FN5O4S/c1-26(2)33(31,32)16-8-9-18-17(13-16)25-19(27(18)3)10-11-20(29)28(4)21(22(24)30)14-6-5-7-15(23)12-14/h5-9,12-13,21H,10-11H2,1-4H3,(H2,24,30). The van der Waals surface area contributed by atoms with Crippen LogP contribution in [0.4, 0.5) is 4.39 Å². The number of nitrogens with zero attached hydrogens (tertiary/aromatic N) is 4. The highest BCUT2D eigenvalue weighted by Crippen LogP contribution is 2.24. The molecule has 176 valence electrons. The van der Waals surface area contributed by atoms with Crippen LogP contribution < -0.4 is 5.73 Å². The zero-order chi connectivity index (χ0) is 24.5. The lowest BCUT2D eigenvalue weighted by Gasteiger charge is -2.26. The zero-order valence-corrected chi connectivity index (χ0v) is 19.6. The number of nitrogens with two attached hydrogens (primary N) is 1. The number of hydrogen-bond donors (Lipinski definition) is 1. The number of sulfonamides is 1. The second-order valence-electron chi connectivity index (χ2n) is 7.89. The Bertz CT molecular complexity index is 1320. The molecule has 1 heterocycles. The molecular weight excluding hydrogens is 449 g/mol. The van der Waals surface area contributed by atoms with Crippen molar-refractivity contribution in [3.8, 4) is 0 Å². The van der Waals surface area contributed by atoms with Gasteiger partial charge in [-0.2, -0.15) is 0 Å². The largest absolute Gasteiger partial charge is 0.368 e. The van der Waals surface area contributed by atoms with Crippen LogP contribution in [0.3, 0.4) is 0 Å². The molecule has 0 saturated heterocycles. The van der Waals surface area contributed by atoms with Crippen LogP contribution in [0.2, 0.25) is 0 Å². The van der Waals surface area contributed by atoms with E-state index in [1.807, 2.05) is 0 Å². The molecule has 0 bridgehead atoms. The molecule has 1 unspecified atom stereocenters. The van der Waals surface area contributed by atoms with E-state index in [0.29, 0.717) is 11.3 Å². The number of carbonyl (C=O) groups is 2. The average Bonchev–Trinajstić information content (AvgIpc) is 3.06. The Balaban J connectivity index is 1.81. The smallest absolute Gasteiger partial charge is 0.244 e. The summed E-state index contributed by atoms with van der Waals surface area (Å²) in [6, 6.07) is 8.97. The van der Waals surface area contributed by atoms with Gasteiger partial charge in [-0.15, -0.1) is 0 Å². The van der Waals surface area contributed by atoms with Crippen LogP contribution in [0.15, 0.2) is 47.4 Å². The van der Waals surface area contributed by atoms with Crippen LogP contribution in [0.5, 0.6) is 0 Å². The van der Waals surface area contributed by atoms with Crippen molar-refractivity contribution in [1.82, 2.24) is 18.8 Å². The maximum absolute atomic E-state index is 13.6. The molecule has 33 heavy (non-hydrogen) atoms. The van der Waals surface area contributed by atoms with Gasteiger partial charge in [-0.1, -0.05) is 12.1 Å². The summed E-state index contributed by atoms with van der Waals surface area (Å²) < 4.78 is 41.3. The summed E-state index contributed by atoms with van der Waals surface area (Å²) >= 11 is 0. The van der Waals surface area contributed by atoms with Gasteiger partial charge in [0.05, 0.1) is 15.9 Å². The van der Waals surface area contributed by atoms with Crippen molar-refractivity contribution in [2.24, 2.45) is 12.8 Å². The fraction of sp³-hybridized carbons (Fsp3) is 0.318. The van der Waals surface area contributed by atoms with Crippen LogP contribution in [0.25, 0.3) is 11.0 Å². The van der Waals surface area contributed by atoms with Crippen LogP contribution in [0, 0.1) is 5.82 Å². The molecule has 9 nitrogen and oxygen atoms in total. The molecule has 2 amide bonds. The number of hydrogen-bond acceptors (Lipinski definition) is 5. The molecule has 11 heteroatoms. The molecule has 3 rings (SSSR count). The Morgan fingerprint density at radius 1 is 1.15 bits per heavy atom. The van der Waals surface area contributed by atoms with Gasteiger partial charge >= 0.3 is 0 Å². The summed E-state index contributed by atoms with van der Waals surface area (Å²) in [5.74, 6) is -1.10. The summed E-state index contributed by atoms with van der Waals surface area (Å²) in [4.78, 5) is 30.6. The van der Waals surface area contributed by atoms with Crippen LogP contribution in [0.1, 0.15) is 23.9 Å². The Morgan fingerprint density at radius 2 is 1.85 bits per heavy atom. The molecule has 0 aliphatic carbocycles. The molecule has 0 spiro atoms. The molecule has 2 N–H and O–H groups in total. The minimum absolute atomic E-state index is 0.0234. The number of likely N-dealkylation sites (N-methyl/N-ethyl adjacent to an activating group) is 1. The number of amides is 2. The summed E-state index contributed by atoms with van der Waals surface area (Å²) in [6.45, 7) is 0. The first-order valence-corrected chi connectivity index (χ1v) is 11.6. The van der Waals surface area contributed by atoms with Crippen molar-refractivity contribution in [2.75, 3.05) is 21.1 Å². The Morgan fingerprint density at radius 3 is 2.45 bits per heavy atom. The summed E-state index contributed by atoms with van der Waals surface area (Å²) in [5, 5.41) is 0. The molecule has 0 aliphatic heterocycles. The third kappa shape index (κ3) is 4.88. The molecular formula is C22H26FN5O4S. The Kier molecular flexibility index (Phi) is 6.84. The van der Waals surface area contributed by atoms with Crippen LogP contribution in [-0.2, 0) is 33.1 Å². The fourth-order valence-electron chi connectivity index (χ4n) is 3.62. The van der Waals surface area contributed by atoms with Gasteiger partial charge in [-0.3, -0.25) is 9.59 Å². The van der Waals surface area contributed by atoms with E-state index in [0.717, 1.165) is 9.82 Å². The molecule has 2 aromatic carbocycles. The molecule has 1 atom stereocenters. The highest BCUT2D eigenvalue weighted by molar-refractivity contribution is 7.89.